The van der Waals surface area contributed by atoms with Crippen molar-refractivity contribution in [1.29, 1.82) is 0 Å². The van der Waals surface area contributed by atoms with E-state index in [9.17, 15) is 4.79 Å². The summed E-state index contributed by atoms with van der Waals surface area (Å²) in [5, 5.41) is 0. The van der Waals surface area contributed by atoms with Crippen molar-refractivity contribution in [3.8, 4) is 0 Å². The van der Waals surface area contributed by atoms with Crippen LogP contribution in [0.1, 0.15) is 25.7 Å². The first-order chi connectivity index (χ1) is 5.76. The molecule has 1 rings (SSSR count). The van der Waals surface area contributed by atoms with E-state index in [1.54, 1.807) is 7.11 Å². The summed E-state index contributed by atoms with van der Waals surface area (Å²) in [6, 6.07) is 0. The van der Waals surface area contributed by atoms with Crippen molar-refractivity contribution in [3.63, 3.8) is 0 Å². The summed E-state index contributed by atoms with van der Waals surface area (Å²) in [5.74, 6) is 0.374. The van der Waals surface area contributed by atoms with Gasteiger partial charge in [0.2, 0.25) is 0 Å². The SMILES string of the molecule is COC(=O)C[C@H]1CC[C@@H](OC)C1. The van der Waals surface area contributed by atoms with Crippen molar-refractivity contribution in [2.45, 2.75) is 31.8 Å². The highest BCUT2D eigenvalue weighted by atomic mass is 16.5. The van der Waals surface area contributed by atoms with E-state index in [2.05, 4.69) is 4.74 Å². The van der Waals surface area contributed by atoms with Crippen LogP contribution >= 0.6 is 0 Å². The first-order valence-corrected chi connectivity index (χ1v) is 4.36. The van der Waals surface area contributed by atoms with Crippen LogP contribution < -0.4 is 0 Å². The molecule has 0 N–H and O–H groups in total. The minimum atomic E-state index is -0.100. The van der Waals surface area contributed by atoms with Gasteiger partial charge in [0.15, 0.2) is 0 Å². The Bertz CT molecular complexity index is 156. The van der Waals surface area contributed by atoms with E-state index >= 15 is 0 Å². The van der Waals surface area contributed by atoms with Crippen LogP contribution in [-0.4, -0.2) is 26.3 Å². The molecular weight excluding hydrogens is 156 g/mol. The van der Waals surface area contributed by atoms with Gasteiger partial charge in [-0.05, 0) is 25.2 Å². The molecule has 2 atom stereocenters. The van der Waals surface area contributed by atoms with Gasteiger partial charge in [-0.2, -0.15) is 0 Å². The van der Waals surface area contributed by atoms with Gasteiger partial charge in [0.1, 0.15) is 0 Å². The second-order valence-corrected chi connectivity index (χ2v) is 3.32. The van der Waals surface area contributed by atoms with Crippen molar-refractivity contribution >= 4 is 5.97 Å². The fourth-order valence-corrected chi connectivity index (χ4v) is 1.75. The summed E-state index contributed by atoms with van der Waals surface area (Å²) in [7, 11) is 3.16. The molecule has 1 aliphatic carbocycles. The summed E-state index contributed by atoms with van der Waals surface area (Å²) in [6.45, 7) is 0. The van der Waals surface area contributed by atoms with Gasteiger partial charge in [-0.25, -0.2) is 0 Å². The van der Waals surface area contributed by atoms with Gasteiger partial charge in [0, 0.05) is 13.5 Å². The van der Waals surface area contributed by atoms with Crippen LogP contribution in [0.15, 0.2) is 0 Å². The minimum Gasteiger partial charge on any atom is -0.469 e. The molecule has 1 fully saturated rings. The fourth-order valence-electron chi connectivity index (χ4n) is 1.75. The lowest BCUT2D eigenvalue weighted by atomic mass is 10.0. The average molecular weight is 172 g/mol. The van der Waals surface area contributed by atoms with Gasteiger partial charge in [0.25, 0.3) is 0 Å². The van der Waals surface area contributed by atoms with Gasteiger partial charge < -0.3 is 9.47 Å². The maximum atomic E-state index is 10.9. The third kappa shape index (κ3) is 2.48. The maximum absolute atomic E-state index is 10.9. The number of rotatable bonds is 3. The molecule has 3 nitrogen and oxygen atoms in total. The van der Waals surface area contributed by atoms with Gasteiger partial charge in [-0.1, -0.05) is 0 Å². The molecule has 0 radical (unpaired) electrons. The molecule has 0 aromatic rings. The number of carbonyl (C=O) groups excluding carboxylic acids is 1. The third-order valence-electron chi connectivity index (χ3n) is 2.51. The summed E-state index contributed by atoms with van der Waals surface area (Å²) in [5.41, 5.74) is 0. The average Bonchev–Trinajstić information content (AvgIpc) is 2.52. The second kappa shape index (κ2) is 4.45. The van der Waals surface area contributed by atoms with Crippen LogP contribution in [0.3, 0.4) is 0 Å². The van der Waals surface area contributed by atoms with E-state index < -0.39 is 0 Å². The number of ether oxygens (including phenoxy) is 2. The zero-order chi connectivity index (χ0) is 8.97. The van der Waals surface area contributed by atoms with E-state index in [0.29, 0.717) is 18.4 Å². The van der Waals surface area contributed by atoms with Crippen LogP contribution in [0, 0.1) is 5.92 Å². The Hall–Kier alpha value is -0.570. The van der Waals surface area contributed by atoms with E-state index in [1.165, 1.54) is 7.11 Å². The lowest BCUT2D eigenvalue weighted by molar-refractivity contribution is -0.141. The molecule has 0 amide bonds. The van der Waals surface area contributed by atoms with Gasteiger partial charge in [-0.3, -0.25) is 4.79 Å². The molecule has 0 aromatic carbocycles. The largest absolute Gasteiger partial charge is 0.469 e. The predicted octanol–water partition coefficient (Wildman–Crippen LogP) is 1.36. The molecule has 12 heavy (non-hydrogen) atoms. The molecule has 1 saturated carbocycles. The van der Waals surface area contributed by atoms with Crippen LogP contribution in [-0.2, 0) is 14.3 Å². The molecule has 0 spiro atoms. The molecule has 70 valence electrons. The monoisotopic (exact) mass is 172 g/mol. The van der Waals surface area contributed by atoms with Crippen LogP contribution in [0.25, 0.3) is 0 Å². The van der Waals surface area contributed by atoms with Crippen molar-refractivity contribution in [2.24, 2.45) is 5.92 Å². The normalized spacial score (nSPS) is 28.8. The molecule has 0 aliphatic heterocycles. The van der Waals surface area contributed by atoms with E-state index in [0.717, 1.165) is 19.3 Å². The van der Waals surface area contributed by atoms with Gasteiger partial charge in [0.05, 0.1) is 13.2 Å². The van der Waals surface area contributed by atoms with Crippen LogP contribution in [0.5, 0.6) is 0 Å². The Balaban J connectivity index is 2.23. The molecule has 0 saturated heterocycles. The smallest absolute Gasteiger partial charge is 0.305 e. The van der Waals surface area contributed by atoms with E-state index in [-0.39, 0.29) is 5.97 Å². The summed E-state index contributed by atoms with van der Waals surface area (Å²) in [6.07, 6.45) is 4.09. The molecule has 0 aromatic heterocycles. The van der Waals surface area contributed by atoms with Crippen molar-refractivity contribution in [2.75, 3.05) is 14.2 Å². The fraction of sp³-hybridized carbons (Fsp3) is 0.889. The number of carbonyl (C=O) groups is 1. The van der Waals surface area contributed by atoms with Crippen LogP contribution in [0.4, 0.5) is 0 Å². The lowest BCUT2D eigenvalue weighted by Crippen LogP contribution is -2.09. The lowest BCUT2D eigenvalue weighted by Gasteiger charge is -2.08. The molecule has 0 bridgehead atoms. The van der Waals surface area contributed by atoms with Crippen molar-refractivity contribution < 1.29 is 14.3 Å². The quantitative estimate of drug-likeness (QED) is 0.603. The predicted molar refractivity (Wildman–Crippen MR) is 44.8 cm³/mol. The van der Waals surface area contributed by atoms with Crippen LogP contribution in [0.2, 0.25) is 0 Å². The zero-order valence-electron chi connectivity index (χ0n) is 7.71. The highest BCUT2D eigenvalue weighted by Crippen LogP contribution is 2.29. The summed E-state index contributed by atoms with van der Waals surface area (Å²) < 4.78 is 9.81. The molecule has 0 heterocycles. The first kappa shape index (κ1) is 9.52. The molecule has 1 aliphatic rings. The summed E-state index contributed by atoms with van der Waals surface area (Å²) in [4.78, 5) is 10.9. The van der Waals surface area contributed by atoms with E-state index in [4.69, 9.17) is 4.74 Å². The number of hydrogen-bond donors (Lipinski definition) is 0. The highest BCUT2D eigenvalue weighted by Gasteiger charge is 2.26. The summed E-state index contributed by atoms with van der Waals surface area (Å²) >= 11 is 0. The Morgan fingerprint density at radius 3 is 2.67 bits per heavy atom. The second-order valence-electron chi connectivity index (χ2n) is 3.32. The molecular formula is C9H16O3. The minimum absolute atomic E-state index is 0.100. The Labute approximate surface area is 73.0 Å². The Morgan fingerprint density at radius 1 is 1.42 bits per heavy atom. The molecule has 0 unspecified atom stereocenters. The standard InChI is InChI=1S/C9H16O3/c1-11-8-4-3-7(5-8)6-9(10)12-2/h7-8H,3-6H2,1-2H3/t7-,8+/m0/s1. The first-order valence-electron chi connectivity index (χ1n) is 4.36. The van der Waals surface area contributed by atoms with E-state index in [1.807, 2.05) is 0 Å². The highest BCUT2D eigenvalue weighted by molar-refractivity contribution is 5.69. The number of hydrogen-bond acceptors (Lipinski definition) is 3. The molecule has 3 heteroatoms. The number of esters is 1. The van der Waals surface area contributed by atoms with Gasteiger partial charge in [-0.15, -0.1) is 0 Å². The topological polar surface area (TPSA) is 35.5 Å². The zero-order valence-corrected chi connectivity index (χ0v) is 7.71. The third-order valence-corrected chi connectivity index (χ3v) is 2.51. The Morgan fingerprint density at radius 2 is 2.17 bits per heavy atom. The van der Waals surface area contributed by atoms with Crippen molar-refractivity contribution in [1.82, 2.24) is 0 Å². The number of methoxy groups -OCH3 is 2. The van der Waals surface area contributed by atoms with Crippen molar-refractivity contribution in [3.05, 3.63) is 0 Å². The Kier molecular flexibility index (Phi) is 3.53. The van der Waals surface area contributed by atoms with Gasteiger partial charge >= 0.3 is 5.97 Å². The maximum Gasteiger partial charge on any atom is 0.305 e.